The van der Waals surface area contributed by atoms with Gasteiger partial charge in [-0.25, -0.2) is 9.37 Å². The Morgan fingerprint density at radius 3 is 2.57 bits per heavy atom. The maximum atomic E-state index is 14.8. The van der Waals surface area contributed by atoms with Crippen molar-refractivity contribution < 1.29 is 41.7 Å². The number of nitrogens with two attached hydrogens (primary N) is 1. The summed E-state index contributed by atoms with van der Waals surface area (Å²) >= 11 is 5.94. The minimum Gasteiger partial charge on any atom is -0.494 e. The molecule has 1 aliphatic heterocycles. The van der Waals surface area contributed by atoms with Gasteiger partial charge >= 0.3 is 6.18 Å². The smallest absolute Gasteiger partial charge is 0.424 e. The number of benzene rings is 2. The van der Waals surface area contributed by atoms with Crippen molar-refractivity contribution in [2.24, 2.45) is 5.73 Å². The zero-order valence-electron chi connectivity index (χ0n) is 24.5. The molecule has 0 saturated heterocycles. The first-order valence-corrected chi connectivity index (χ1v) is 14.5. The maximum Gasteiger partial charge on any atom is 0.424 e. The van der Waals surface area contributed by atoms with Crippen molar-refractivity contribution in [1.82, 2.24) is 15.3 Å². The minimum atomic E-state index is -5.38. The van der Waals surface area contributed by atoms with Crippen molar-refractivity contribution in [3.05, 3.63) is 81.9 Å². The molecule has 0 radical (unpaired) electrons. The molecule has 6 rings (SSSR count). The van der Waals surface area contributed by atoms with Crippen LogP contribution in [0.1, 0.15) is 52.9 Å². The second-order valence-electron chi connectivity index (χ2n) is 11.7. The predicted molar refractivity (Wildman–Crippen MR) is 159 cm³/mol. The van der Waals surface area contributed by atoms with Crippen LogP contribution in [-0.2, 0) is 15.8 Å². The Labute approximate surface area is 264 Å². The lowest BCUT2D eigenvalue weighted by molar-refractivity contribution is -0.265. The molecule has 14 heteroatoms. The number of aliphatic hydroxyl groups is 1. The lowest BCUT2D eigenvalue weighted by Gasteiger charge is -2.31. The Hall–Kier alpha value is -4.49. The van der Waals surface area contributed by atoms with Gasteiger partial charge in [0, 0.05) is 28.3 Å². The second kappa shape index (κ2) is 11.1. The number of halogens is 5. The third-order valence-electron chi connectivity index (χ3n) is 8.51. The van der Waals surface area contributed by atoms with Gasteiger partial charge in [0.25, 0.3) is 5.91 Å². The summed E-state index contributed by atoms with van der Waals surface area (Å²) < 4.78 is 69.4. The second-order valence-corrected chi connectivity index (χ2v) is 12.1. The van der Waals surface area contributed by atoms with Crippen LogP contribution in [0.15, 0.2) is 48.7 Å². The summed E-state index contributed by atoms with van der Waals surface area (Å²) in [4.78, 5) is 34.3. The van der Waals surface area contributed by atoms with E-state index in [1.54, 1.807) is 6.20 Å². The Morgan fingerprint density at radius 2 is 1.93 bits per heavy atom. The number of aromatic nitrogens is 2. The number of amides is 2. The molecule has 4 aromatic rings. The van der Waals surface area contributed by atoms with E-state index in [4.69, 9.17) is 26.8 Å². The Kier molecular flexibility index (Phi) is 7.59. The zero-order valence-corrected chi connectivity index (χ0v) is 25.2. The van der Waals surface area contributed by atoms with Gasteiger partial charge in [0.1, 0.15) is 40.5 Å². The van der Waals surface area contributed by atoms with E-state index in [-0.39, 0.29) is 45.5 Å². The van der Waals surface area contributed by atoms with E-state index in [0.717, 1.165) is 36.6 Å². The van der Waals surface area contributed by atoms with Crippen LogP contribution in [0.25, 0.3) is 22.2 Å². The first-order valence-electron chi connectivity index (χ1n) is 14.2. The summed E-state index contributed by atoms with van der Waals surface area (Å²) in [5.74, 6) is -2.11. The van der Waals surface area contributed by atoms with Crippen LogP contribution in [0.4, 0.5) is 17.6 Å². The van der Waals surface area contributed by atoms with E-state index >= 15 is 0 Å². The van der Waals surface area contributed by atoms with Crippen LogP contribution in [0.3, 0.4) is 0 Å². The van der Waals surface area contributed by atoms with E-state index in [1.165, 1.54) is 32.2 Å². The number of carbonyl (C=O) groups excluding carboxylic acids is 2. The van der Waals surface area contributed by atoms with Crippen LogP contribution in [0.5, 0.6) is 11.5 Å². The number of pyridine rings is 2. The molecule has 9 nitrogen and oxygen atoms in total. The monoisotopic (exact) mass is 658 g/mol. The number of fused-ring (bicyclic) bond motifs is 2. The number of hydrogen-bond donors (Lipinski definition) is 3. The number of primary amides is 1. The molecule has 0 bridgehead atoms. The van der Waals surface area contributed by atoms with Gasteiger partial charge in [0.05, 0.1) is 24.4 Å². The van der Waals surface area contributed by atoms with Crippen molar-refractivity contribution in [1.29, 1.82) is 0 Å². The van der Waals surface area contributed by atoms with E-state index in [2.05, 4.69) is 15.3 Å². The van der Waals surface area contributed by atoms with E-state index in [0.29, 0.717) is 16.8 Å². The molecule has 0 spiro atoms. The van der Waals surface area contributed by atoms with Crippen molar-refractivity contribution in [2.75, 3.05) is 20.3 Å². The first-order chi connectivity index (χ1) is 21.7. The highest BCUT2D eigenvalue weighted by molar-refractivity contribution is 6.31. The molecular weight excluding hydrogens is 632 g/mol. The average Bonchev–Trinajstić information content (AvgIpc) is 3.82. The van der Waals surface area contributed by atoms with Gasteiger partial charge in [0.2, 0.25) is 11.5 Å². The summed E-state index contributed by atoms with van der Waals surface area (Å²) in [6.07, 6.45) is -1.63. The number of carbonyl (C=O) groups is 2. The summed E-state index contributed by atoms with van der Waals surface area (Å²) in [7, 11) is 1.38. The summed E-state index contributed by atoms with van der Waals surface area (Å²) in [5.41, 5.74) is 0.451. The van der Waals surface area contributed by atoms with E-state index in [1.807, 2.05) is 6.07 Å². The Balaban J connectivity index is 1.41. The quantitative estimate of drug-likeness (QED) is 0.219. The van der Waals surface area contributed by atoms with E-state index < -0.39 is 47.1 Å². The van der Waals surface area contributed by atoms with Crippen LogP contribution in [-0.4, -0.2) is 53.3 Å². The molecule has 1 unspecified atom stereocenters. The molecule has 2 aliphatic rings. The normalized spacial score (nSPS) is 18.9. The predicted octanol–water partition coefficient (Wildman–Crippen LogP) is 5.29. The van der Waals surface area contributed by atoms with Crippen LogP contribution >= 0.6 is 11.6 Å². The van der Waals surface area contributed by atoms with Gasteiger partial charge in [0.15, 0.2) is 0 Å². The number of methoxy groups -OCH3 is 1. The van der Waals surface area contributed by atoms with Gasteiger partial charge in [-0.1, -0.05) is 11.6 Å². The standard InChI is InChI=1S/C32H27ClF4N4O5/c1-30(29(38)43)14-46-27-20(30)11-24(41-26(27)16-5-6-22(34)21(33)9-16)31(44,32(35,36)37)13-40-28(42)18-7-17-8-19(15-3-4-15)12-39-25(17)23(10-18)45-2/h5-12,15,44H,3-4,13-14H2,1-2H3,(H2,38,43)(H,40,42)/t30-,31?/m0/s1. The molecule has 2 atom stereocenters. The molecule has 1 aliphatic carbocycles. The fourth-order valence-electron chi connectivity index (χ4n) is 5.44. The number of hydrogen-bond acceptors (Lipinski definition) is 7. The molecule has 2 aromatic carbocycles. The molecule has 3 heterocycles. The lowest BCUT2D eigenvalue weighted by Crippen LogP contribution is -2.51. The van der Waals surface area contributed by atoms with Crippen LogP contribution < -0.4 is 20.5 Å². The summed E-state index contributed by atoms with van der Waals surface area (Å²) in [6, 6.07) is 8.88. The number of nitrogens with one attached hydrogen (secondary N) is 1. The number of rotatable bonds is 8. The lowest BCUT2D eigenvalue weighted by atomic mass is 9.81. The maximum absolute atomic E-state index is 14.8. The Morgan fingerprint density at radius 1 is 1.20 bits per heavy atom. The zero-order chi connectivity index (χ0) is 33.2. The number of ether oxygens (including phenoxy) is 2. The van der Waals surface area contributed by atoms with Gasteiger partial charge in [-0.2, -0.15) is 13.2 Å². The average molecular weight is 659 g/mol. The SMILES string of the molecule is COc1cc(C(=O)NCC(O)(c2cc3c(c(-c4ccc(F)c(Cl)c4)n2)OC[C@]3(C)C(N)=O)C(F)(F)F)cc2cc(C3CC3)cnc12. The third kappa shape index (κ3) is 5.26. The third-order valence-corrected chi connectivity index (χ3v) is 8.80. The van der Waals surface area contributed by atoms with Crippen LogP contribution in [0.2, 0.25) is 5.02 Å². The van der Waals surface area contributed by atoms with Gasteiger partial charge in [-0.3, -0.25) is 14.6 Å². The summed E-state index contributed by atoms with van der Waals surface area (Å²) in [6.45, 7) is -0.315. The fourth-order valence-corrected chi connectivity index (χ4v) is 5.63. The highest BCUT2D eigenvalue weighted by Crippen LogP contribution is 2.48. The van der Waals surface area contributed by atoms with Gasteiger partial charge in [-0.15, -0.1) is 0 Å². The van der Waals surface area contributed by atoms with Crippen molar-refractivity contribution in [3.8, 4) is 22.8 Å². The molecule has 2 aromatic heterocycles. The summed E-state index contributed by atoms with van der Waals surface area (Å²) in [5, 5.41) is 13.7. The van der Waals surface area contributed by atoms with E-state index in [9.17, 15) is 32.3 Å². The number of nitrogens with zero attached hydrogens (tertiary/aromatic N) is 2. The van der Waals surface area contributed by atoms with Gasteiger partial charge < -0.3 is 25.6 Å². The Bertz CT molecular complexity index is 1920. The minimum absolute atomic E-state index is 0.0260. The number of alkyl halides is 3. The highest BCUT2D eigenvalue weighted by atomic mass is 35.5. The largest absolute Gasteiger partial charge is 0.494 e. The van der Waals surface area contributed by atoms with Crippen molar-refractivity contribution >= 4 is 34.3 Å². The first kappa shape index (κ1) is 31.5. The van der Waals surface area contributed by atoms with Crippen molar-refractivity contribution in [3.63, 3.8) is 0 Å². The molecule has 2 amide bonds. The van der Waals surface area contributed by atoms with Crippen LogP contribution in [0, 0.1) is 5.82 Å². The topological polar surface area (TPSA) is 137 Å². The molecule has 46 heavy (non-hydrogen) atoms. The molecule has 1 fully saturated rings. The molecule has 240 valence electrons. The van der Waals surface area contributed by atoms with Gasteiger partial charge in [-0.05, 0) is 73.7 Å². The highest BCUT2D eigenvalue weighted by Gasteiger charge is 2.57. The molecule has 1 saturated carbocycles. The fraction of sp³-hybridized carbons (Fsp3) is 0.312. The molecule has 4 N–H and O–H groups in total. The van der Waals surface area contributed by atoms with Crippen molar-refractivity contribution in [2.45, 2.75) is 42.9 Å². The molecular formula is C32H27ClF4N4O5.